The Hall–Kier alpha value is -1.95. The minimum Gasteiger partial charge on any atom is -0.481 e. The molecule has 1 unspecified atom stereocenters. The molecule has 49 heavy (non-hydrogen) atoms. The summed E-state index contributed by atoms with van der Waals surface area (Å²) in [6.07, 6.45) is 17.8. The molecule has 5 fully saturated rings. The van der Waals surface area contributed by atoms with Crippen molar-refractivity contribution in [2.24, 2.45) is 62.6 Å². The summed E-state index contributed by atoms with van der Waals surface area (Å²) < 4.78 is 13.9. The van der Waals surface area contributed by atoms with E-state index in [4.69, 9.17) is 0 Å². The first-order chi connectivity index (χ1) is 23.1. The van der Waals surface area contributed by atoms with Gasteiger partial charge in [0.15, 0.2) is 0 Å². The zero-order chi connectivity index (χ0) is 35.1. The molecule has 5 nitrogen and oxygen atoms in total. The van der Waals surface area contributed by atoms with Crippen molar-refractivity contribution in [3.05, 3.63) is 35.5 Å². The fourth-order valence-electron chi connectivity index (χ4n) is 14.4. The highest BCUT2D eigenvalue weighted by atomic mass is 19.1. The van der Waals surface area contributed by atoms with Crippen molar-refractivity contribution >= 4 is 11.9 Å². The summed E-state index contributed by atoms with van der Waals surface area (Å²) in [5.41, 5.74) is 3.65. The first kappa shape index (κ1) is 35.5. The monoisotopic (exact) mass is 676 g/mol. The van der Waals surface area contributed by atoms with Crippen LogP contribution in [0.5, 0.6) is 0 Å². The van der Waals surface area contributed by atoms with E-state index in [0.717, 1.165) is 44.8 Å². The van der Waals surface area contributed by atoms with E-state index in [1.807, 2.05) is 0 Å². The molecule has 4 saturated carbocycles. The number of aliphatic carboxylic acids is 1. The highest BCUT2D eigenvalue weighted by Gasteiger charge is 2.69. The lowest BCUT2D eigenvalue weighted by Crippen LogP contribution is -2.64. The lowest BCUT2D eigenvalue weighted by atomic mass is 9.33. The highest BCUT2D eigenvalue weighted by molar-refractivity contribution is 5.78. The first-order valence-corrected chi connectivity index (χ1v) is 20.0. The molecule has 1 heterocycles. The van der Waals surface area contributed by atoms with Crippen LogP contribution >= 0.6 is 0 Å². The fourth-order valence-corrected chi connectivity index (χ4v) is 14.4. The number of fused-ring (bicyclic) bond motifs is 7. The second-order valence-corrected chi connectivity index (χ2v) is 19.4. The minimum absolute atomic E-state index is 0.00356. The third-order valence-electron chi connectivity index (χ3n) is 17.2. The van der Waals surface area contributed by atoms with Crippen molar-refractivity contribution in [1.82, 2.24) is 10.2 Å². The number of hydrogen-bond acceptors (Lipinski definition) is 3. The summed E-state index contributed by atoms with van der Waals surface area (Å²) in [6.45, 7) is 21.7. The van der Waals surface area contributed by atoms with Gasteiger partial charge in [0.05, 0.1) is 5.41 Å². The number of carboxylic acids is 1. The maximum absolute atomic E-state index is 13.9. The van der Waals surface area contributed by atoms with Gasteiger partial charge in [-0.2, -0.15) is 0 Å². The summed E-state index contributed by atoms with van der Waals surface area (Å²) in [5, 5.41) is 13.8. The van der Waals surface area contributed by atoms with Crippen molar-refractivity contribution in [2.75, 3.05) is 26.3 Å². The Morgan fingerprint density at radius 1 is 1.00 bits per heavy atom. The maximum atomic E-state index is 13.9. The van der Waals surface area contributed by atoms with Crippen molar-refractivity contribution < 1.29 is 19.1 Å². The lowest BCUT2D eigenvalue weighted by Gasteiger charge is -2.71. The fraction of sp³-hybridized carbons (Fsp3) is 0.814. The molecule has 0 aromatic heterocycles. The highest BCUT2D eigenvalue weighted by Crippen LogP contribution is 2.76. The molecule has 6 aliphatic carbocycles. The number of rotatable bonds is 8. The summed E-state index contributed by atoms with van der Waals surface area (Å²) in [5.74, 6) is 3.28. The van der Waals surface area contributed by atoms with Crippen LogP contribution < -0.4 is 5.32 Å². The zero-order valence-electron chi connectivity index (χ0n) is 31.5. The van der Waals surface area contributed by atoms with Gasteiger partial charge >= 0.3 is 5.97 Å². The number of halogens is 1. The van der Waals surface area contributed by atoms with Gasteiger partial charge in [0.1, 0.15) is 6.67 Å². The molecule has 272 valence electrons. The number of carboxylic acid groups (broad SMARTS) is 1. The molecule has 1 aliphatic heterocycles. The summed E-state index contributed by atoms with van der Waals surface area (Å²) in [7, 11) is 0. The molecule has 0 spiro atoms. The minimum atomic E-state index is -1.25. The van der Waals surface area contributed by atoms with Crippen LogP contribution in [0.25, 0.3) is 0 Å². The summed E-state index contributed by atoms with van der Waals surface area (Å²) in [6, 6.07) is 0.523. The number of hydrogen-bond donors (Lipinski definition) is 2. The largest absolute Gasteiger partial charge is 0.481 e. The molecule has 7 rings (SSSR count). The Bertz CT molecular complexity index is 1430. The van der Waals surface area contributed by atoms with E-state index in [0.29, 0.717) is 71.6 Å². The van der Waals surface area contributed by atoms with E-state index < -0.39 is 18.1 Å². The van der Waals surface area contributed by atoms with Gasteiger partial charge in [-0.25, -0.2) is 4.39 Å². The second kappa shape index (κ2) is 12.3. The van der Waals surface area contributed by atoms with Crippen LogP contribution in [0.15, 0.2) is 35.5 Å². The van der Waals surface area contributed by atoms with Gasteiger partial charge in [0.2, 0.25) is 5.91 Å². The summed E-state index contributed by atoms with van der Waals surface area (Å²) >= 11 is 0. The summed E-state index contributed by atoms with van der Waals surface area (Å²) in [4.78, 5) is 26.3. The molecule has 6 heteroatoms. The topological polar surface area (TPSA) is 69.6 Å². The molecular formula is C43H65FN2O3. The quantitative estimate of drug-likeness (QED) is 0.252. The number of carbonyl (C=O) groups excluding carboxylic acids is 1. The molecule has 0 radical (unpaired) electrons. The van der Waals surface area contributed by atoms with E-state index >= 15 is 0 Å². The number of likely N-dealkylation sites (tertiary alicyclic amines) is 1. The van der Waals surface area contributed by atoms with Crippen molar-refractivity contribution in [3.8, 4) is 0 Å². The second-order valence-electron chi connectivity index (χ2n) is 19.4. The van der Waals surface area contributed by atoms with Crippen LogP contribution in [-0.2, 0) is 9.59 Å². The van der Waals surface area contributed by atoms with Crippen LogP contribution in [-0.4, -0.2) is 54.2 Å². The number of nitrogens with zero attached hydrogens (tertiary/aromatic N) is 1. The van der Waals surface area contributed by atoms with E-state index in [-0.39, 0.29) is 10.8 Å². The first-order valence-electron chi connectivity index (χ1n) is 20.0. The Morgan fingerprint density at radius 3 is 2.39 bits per heavy atom. The SMILES string of the molecule is C=C(C)[C@@H]1C[C@@H](NCCN2CCCC2=O)C2CC[C@]3(C)[C@H](CC[C@@H]4[C@@]5(C)CC=C(C6=CC[C@](CF)(C(=O)O)CC6)C(C)(C)[C@@H]5CC[C@]43C)[C@H]21. The van der Waals surface area contributed by atoms with E-state index in [1.54, 1.807) is 0 Å². The van der Waals surface area contributed by atoms with Crippen LogP contribution in [0.1, 0.15) is 125 Å². The molecule has 1 saturated heterocycles. The van der Waals surface area contributed by atoms with E-state index in [2.05, 4.69) is 70.5 Å². The molecular weight excluding hydrogens is 611 g/mol. The van der Waals surface area contributed by atoms with Gasteiger partial charge in [0, 0.05) is 32.1 Å². The number of carbonyl (C=O) groups is 2. The van der Waals surface area contributed by atoms with Crippen LogP contribution in [0.4, 0.5) is 4.39 Å². The Morgan fingerprint density at radius 2 is 1.76 bits per heavy atom. The lowest BCUT2D eigenvalue weighted by molar-refractivity contribution is -0.217. The van der Waals surface area contributed by atoms with Crippen molar-refractivity contribution in [3.63, 3.8) is 0 Å². The van der Waals surface area contributed by atoms with Crippen LogP contribution in [0, 0.1) is 62.6 Å². The number of alkyl halides is 1. The van der Waals surface area contributed by atoms with E-state index in [9.17, 15) is 19.1 Å². The van der Waals surface area contributed by atoms with E-state index in [1.165, 1.54) is 61.7 Å². The molecule has 2 N–H and O–H groups in total. The van der Waals surface area contributed by atoms with Crippen molar-refractivity contribution in [2.45, 2.75) is 131 Å². The Balaban J connectivity index is 1.12. The number of nitrogens with one attached hydrogen (secondary N) is 1. The van der Waals surface area contributed by atoms with Crippen LogP contribution in [0.2, 0.25) is 0 Å². The number of allylic oxidation sites excluding steroid dienone is 5. The van der Waals surface area contributed by atoms with Crippen molar-refractivity contribution in [1.29, 1.82) is 0 Å². The Labute approximate surface area is 296 Å². The van der Waals surface area contributed by atoms with Gasteiger partial charge in [-0.3, -0.25) is 9.59 Å². The molecule has 0 bridgehead atoms. The van der Waals surface area contributed by atoms with Gasteiger partial charge in [-0.05, 0) is 152 Å². The third-order valence-corrected chi connectivity index (χ3v) is 17.2. The molecule has 1 amide bonds. The zero-order valence-corrected chi connectivity index (χ0v) is 31.5. The smallest absolute Gasteiger partial charge is 0.312 e. The molecule has 0 aromatic rings. The standard InChI is InChI=1S/C43H65FN2O3/c1-27(2)30-25-33(45-22-24-46-23-8-9-36(46)47)29-14-18-41(6)32(37(29)30)10-11-35-40(5)17-15-31(39(3,4)34(40)16-19-42(35,41)7)28-12-20-43(26-44,21-13-28)38(48)49/h12,15,29-30,32-35,37,45H,1,8-11,13-14,16-26H2,2-7H3,(H,48,49)/t29?,30-,32+,33+,34-,35+,37+,40-,41+,42+,43-/m0/s1. The predicted molar refractivity (Wildman–Crippen MR) is 194 cm³/mol. The molecule has 7 aliphatic rings. The number of amides is 1. The van der Waals surface area contributed by atoms with Gasteiger partial charge in [0.25, 0.3) is 0 Å². The third kappa shape index (κ3) is 5.20. The average Bonchev–Trinajstić information content (AvgIpc) is 3.64. The van der Waals surface area contributed by atoms with Gasteiger partial charge < -0.3 is 15.3 Å². The normalized spacial score (nSPS) is 45.8. The van der Waals surface area contributed by atoms with Crippen LogP contribution in [0.3, 0.4) is 0 Å². The van der Waals surface area contributed by atoms with Gasteiger partial charge in [-0.1, -0.05) is 58.9 Å². The average molecular weight is 677 g/mol. The predicted octanol–water partition coefficient (Wildman–Crippen LogP) is 9.15. The maximum Gasteiger partial charge on any atom is 0.312 e. The molecule has 11 atom stereocenters. The molecule has 0 aromatic carbocycles. The Kier molecular flexibility index (Phi) is 8.92. The van der Waals surface area contributed by atoms with Gasteiger partial charge in [-0.15, -0.1) is 0 Å².